The number of hydrogen-bond donors (Lipinski definition) is 0. The Hall–Kier alpha value is -1.38. The van der Waals surface area contributed by atoms with Gasteiger partial charge in [0.2, 0.25) is 5.83 Å². The van der Waals surface area contributed by atoms with E-state index in [9.17, 15) is 9.18 Å². The van der Waals surface area contributed by atoms with E-state index in [1.807, 2.05) is 13.0 Å². The fraction of sp³-hybridized carbons (Fsp3) is 0.300. The third kappa shape index (κ3) is 5.84. The van der Waals surface area contributed by atoms with Crippen LogP contribution in [0.2, 0.25) is 0 Å². The molecular formula is C10H13FO2. The molecule has 0 saturated carbocycles. The average molecular weight is 184 g/mol. The molecule has 3 heteroatoms. The zero-order valence-electron chi connectivity index (χ0n) is 7.68. The molecule has 0 aliphatic heterocycles. The fourth-order valence-corrected chi connectivity index (χ4v) is 0.600. The molecule has 0 bridgehead atoms. The molecule has 0 unspecified atom stereocenters. The Morgan fingerprint density at radius 1 is 1.62 bits per heavy atom. The normalized spacial score (nSPS) is 10.8. The van der Waals surface area contributed by atoms with Gasteiger partial charge < -0.3 is 4.74 Å². The Balaban J connectivity index is 3.63. The second-order valence-electron chi connectivity index (χ2n) is 2.48. The molecule has 13 heavy (non-hydrogen) atoms. The van der Waals surface area contributed by atoms with Crippen molar-refractivity contribution >= 4 is 5.97 Å². The molecule has 0 amide bonds. The molecule has 0 radical (unpaired) electrons. The van der Waals surface area contributed by atoms with Gasteiger partial charge in [0.05, 0.1) is 6.61 Å². The Morgan fingerprint density at radius 3 is 2.69 bits per heavy atom. The lowest BCUT2D eigenvalue weighted by Crippen LogP contribution is -2.04. The Bertz CT molecular complexity index is 241. The van der Waals surface area contributed by atoms with Gasteiger partial charge >= 0.3 is 5.97 Å². The lowest BCUT2D eigenvalue weighted by Gasteiger charge is -1.99. The number of carbonyl (C=O) groups is 1. The summed E-state index contributed by atoms with van der Waals surface area (Å²) in [7, 11) is 0. The highest BCUT2D eigenvalue weighted by atomic mass is 19.1. The van der Waals surface area contributed by atoms with Crippen LogP contribution >= 0.6 is 0 Å². The van der Waals surface area contributed by atoms with E-state index in [1.54, 1.807) is 6.08 Å². The van der Waals surface area contributed by atoms with Gasteiger partial charge in [0, 0.05) is 6.42 Å². The van der Waals surface area contributed by atoms with Gasteiger partial charge in [-0.2, -0.15) is 4.39 Å². The summed E-state index contributed by atoms with van der Waals surface area (Å²) >= 11 is 0. The third-order valence-corrected chi connectivity index (χ3v) is 1.36. The highest BCUT2D eigenvalue weighted by Gasteiger charge is 2.04. The molecular weight excluding hydrogens is 171 g/mol. The van der Waals surface area contributed by atoms with Crippen molar-refractivity contribution in [3.8, 4) is 0 Å². The number of rotatable bonds is 5. The predicted molar refractivity (Wildman–Crippen MR) is 49.8 cm³/mol. The van der Waals surface area contributed by atoms with Gasteiger partial charge in [0.25, 0.3) is 0 Å². The van der Waals surface area contributed by atoms with Crippen LogP contribution in [-0.2, 0) is 9.53 Å². The van der Waals surface area contributed by atoms with E-state index in [-0.39, 0.29) is 6.61 Å². The maximum atomic E-state index is 12.0. The van der Waals surface area contributed by atoms with Gasteiger partial charge in [-0.15, -0.1) is 0 Å². The Kier molecular flexibility index (Phi) is 5.52. The smallest absolute Gasteiger partial charge is 0.366 e. The maximum Gasteiger partial charge on any atom is 0.366 e. The van der Waals surface area contributed by atoms with E-state index in [1.165, 1.54) is 0 Å². The molecule has 72 valence electrons. The SMILES string of the molecule is C=C/C(C)=C/CCOC(=O)C(=C)F. The molecule has 0 aromatic heterocycles. The van der Waals surface area contributed by atoms with Crippen LogP contribution in [-0.4, -0.2) is 12.6 Å². The maximum absolute atomic E-state index is 12.0. The van der Waals surface area contributed by atoms with Crippen LogP contribution in [0.25, 0.3) is 0 Å². The monoisotopic (exact) mass is 184 g/mol. The first-order valence-electron chi connectivity index (χ1n) is 3.88. The lowest BCUT2D eigenvalue weighted by atomic mass is 10.2. The highest BCUT2D eigenvalue weighted by Crippen LogP contribution is 1.99. The molecule has 0 aliphatic carbocycles. The minimum atomic E-state index is -1.07. The number of carbonyl (C=O) groups excluding carboxylic acids is 1. The van der Waals surface area contributed by atoms with Gasteiger partial charge in [0.15, 0.2) is 0 Å². The highest BCUT2D eigenvalue weighted by molar-refractivity contribution is 5.85. The largest absolute Gasteiger partial charge is 0.460 e. The van der Waals surface area contributed by atoms with Crippen molar-refractivity contribution in [2.45, 2.75) is 13.3 Å². The standard InChI is InChI=1S/C10H13FO2/c1-4-8(2)6-5-7-13-10(12)9(3)11/h4,6H,1,3,5,7H2,2H3/b8-6+. The van der Waals surface area contributed by atoms with E-state index in [0.29, 0.717) is 6.42 Å². The van der Waals surface area contributed by atoms with Crippen LogP contribution in [0.3, 0.4) is 0 Å². The van der Waals surface area contributed by atoms with Gasteiger partial charge in [0.1, 0.15) is 0 Å². The molecule has 0 aromatic carbocycles. The summed E-state index contributed by atoms with van der Waals surface area (Å²) in [5.74, 6) is -2.06. The van der Waals surface area contributed by atoms with E-state index in [4.69, 9.17) is 0 Å². The fourth-order valence-electron chi connectivity index (χ4n) is 0.600. The lowest BCUT2D eigenvalue weighted by molar-refractivity contribution is -0.140. The molecule has 0 N–H and O–H groups in total. The van der Waals surface area contributed by atoms with Crippen molar-refractivity contribution in [2.24, 2.45) is 0 Å². The summed E-state index contributed by atoms with van der Waals surface area (Å²) in [6.07, 6.45) is 4.09. The minimum Gasteiger partial charge on any atom is -0.460 e. The molecule has 0 atom stereocenters. The number of allylic oxidation sites excluding steroid dienone is 2. The van der Waals surface area contributed by atoms with Crippen molar-refractivity contribution in [1.29, 1.82) is 0 Å². The van der Waals surface area contributed by atoms with E-state index in [0.717, 1.165) is 5.57 Å². The zero-order valence-corrected chi connectivity index (χ0v) is 7.68. The van der Waals surface area contributed by atoms with E-state index < -0.39 is 11.8 Å². The van der Waals surface area contributed by atoms with Gasteiger partial charge in [-0.3, -0.25) is 0 Å². The van der Waals surface area contributed by atoms with Crippen LogP contribution in [0.4, 0.5) is 4.39 Å². The number of ether oxygens (including phenoxy) is 1. The Labute approximate surface area is 77.4 Å². The van der Waals surface area contributed by atoms with E-state index in [2.05, 4.69) is 17.9 Å². The second kappa shape index (κ2) is 6.17. The van der Waals surface area contributed by atoms with Crippen LogP contribution in [0.1, 0.15) is 13.3 Å². The number of halogens is 1. The minimum absolute atomic E-state index is 0.160. The van der Waals surface area contributed by atoms with Gasteiger partial charge in [-0.25, -0.2) is 4.79 Å². The molecule has 0 fully saturated rings. The number of esters is 1. The van der Waals surface area contributed by atoms with Crippen LogP contribution < -0.4 is 0 Å². The van der Waals surface area contributed by atoms with Crippen LogP contribution in [0.15, 0.2) is 36.7 Å². The molecule has 2 nitrogen and oxygen atoms in total. The molecule has 0 spiro atoms. The summed E-state index contributed by atoms with van der Waals surface area (Å²) in [4.78, 5) is 10.5. The summed E-state index contributed by atoms with van der Waals surface area (Å²) in [5.41, 5.74) is 0.995. The first-order chi connectivity index (χ1) is 6.07. The summed E-state index contributed by atoms with van der Waals surface area (Å²) < 4.78 is 16.6. The average Bonchev–Trinajstić information content (AvgIpc) is 2.11. The van der Waals surface area contributed by atoms with Crippen molar-refractivity contribution < 1.29 is 13.9 Å². The van der Waals surface area contributed by atoms with E-state index >= 15 is 0 Å². The van der Waals surface area contributed by atoms with Crippen molar-refractivity contribution in [3.63, 3.8) is 0 Å². The molecule has 0 aliphatic rings. The molecule has 0 saturated heterocycles. The van der Waals surface area contributed by atoms with Crippen LogP contribution in [0.5, 0.6) is 0 Å². The third-order valence-electron chi connectivity index (χ3n) is 1.36. The second-order valence-corrected chi connectivity index (χ2v) is 2.48. The van der Waals surface area contributed by atoms with Crippen LogP contribution in [0, 0.1) is 0 Å². The van der Waals surface area contributed by atoms with Crippen molar-refractivity contribution in [3.05, 3.63) is 36.7 Å². The topological polar surface area (TPSA) is 26.3 Å². The summed E-state index contributed by atoms with van der Waals surface area (Å²) in [6.45, 7) is 8.40. The first kappa shape index (κ1) is 11.6. The number of hydrogen-bond acceptors (Lipinski definition) is 2. The van der Waals surface area contributed by atoms with Gasteiger partial charge in [-0.05, 0) is 6.92 Å². The zero-order chi connectivity index (χ0) is 10.3. The van der Waals surface area contributed by atoms with Crippen molar-refractivity contribution in [2.75, 3.05) is 6.61 Å². The molecule has 0 heterocycles. The summed E-state index contributed by atoms with van der Waals surface area (Å²) in [6, 6.07) is 0. The van der Waals surface area contributed by atoms with Gasteiger partial charge in [-0.1, -0.05) is 30.9 Å². The first-order valence-corrected chi connectivity index (χ1v) is 3.88. The molecule has 0 aromatic rings. The quantitative estimate of drug-likeness (QED) is 0.284. The van der Waals surface area contributed by atoms with Crippen molar-refractivity contribution in [1.82, 2.24) is 0 Å². The predicted octanol–water partition coefficient (Wildman–Crippen LogP) is 2.54. The molecule has 0 rings (SSSR count). The summed E-state index contributed by atoms with van der Waals surface area (Å²) in [5, 5.41) is 0. The Morgan fingerprint density at radius 2 is 2.23 bits per heavy atom.